The standard InChI is InChI=1S/C14H22N2O/c1-9(2)11(4)16-13-8-12(14(17)15-5)7-6-10(13)3/h6-9,11,16H,1-5H3,(H,15,17). The fraction of sp³-hybridized carbons (Fsp3) is 0.500. The zero-order chi connectivity index (χ0) is 13.0. The van der Waals surface area contributed by atoms with Gasteiger partial charge in [-0.1, -0.05) is 19.9 Å². The third-order valence-corrected chi connectivity index (χ3v) is 3.11. The molecule has 0 heterocycles. The molecule has 0 saturated carbocycles. The molecule has 0 saturated heterocycles. The molecule has 1 aromatic rings. The summed E-state index contributed by atoms with van der Waals surface area (Å²) in [5.74, 6) is 0.503. The highest BCUT2D eigenvalue weighted by Crippen LogP contribution is 2.19. The summed E-state index contributed by atoms with van der Waals surface area (Å²) in [5.41, 5.74) is 2.88. The highest BCUT2D eigenvalue weighted by Gasteiger charge is 2.10. The molecule has 1 amide bonds. The van der Waals surface area contributed by atoms with E-state index in [2.05, 4.69) is 31.4 Å². The van der Waals surface area contributed by atoms with Gasteiger partial charge in [-0.15, -0.1) is 0 Å². The topological polar surface area (TPSA) is 41.1 Å². The second kappa shape index (κ2) is 5.71. The van der Waals surface area contributed by atoms with Gasteiger partial charge in [-0.3, -0.25) is 4.79 Å². The van der Waals surface area contributed by atoms with Crippen LogP contribution in [0.25, 0.3) is 0 Å². The maximum Gasteiger partial charge on any atom is 0.251 e. The Bertz CT molecular complexity index is 399. The van der Waals surface area contributed by atoms with E-state index in [0.717, 1.165) is 11.3 Å². The average molecular weight is 234 g/mol. The van der Waals surface area contributed by atoms with Gasteiger partial charge in [0.2, 0.25) is 0 Å². The smallest absolute Gasteiger partial charge is 0.251 e. The first kappa shape index (κ1) is 13.6. The largest absolute Gasteiger partial charge is 0.382 e. The Morgan fingerprint density at radius 3 is 2.41 bits per heavy atom. The van der Waals surface area contributed by atoms with Gasteiger partial charge in [0.05, 0.1) is 0 Å². The van der Waals surface area contributed by atoms with Crippen LogP contribution >= 0.6 is 0 Å². The summed E-state index contributed by atoms with van der Waals surface area (Å²) in [6.07, 6.45) is 0. The fourth-order valence-corrected chi connectivity index (χ4v) is 1.48. The minimum Gasteiger partial charge on any atom is -0.382 e. The van der Waals surface area contributed by atoms with Crippen molar-refractivity contribution in [3.05, 3.63) is 29.3 Å². The summed E-state index contributed by atoms with van der Waals surface area (Å²) in [7, 11) is 1.64. The lowest BCUT2D eigenvalue weighted by atomic mass is 10.0. The Labute approximate surface area is 104 Å². The van der Waals surface area contributed by atoms with E-state index in [0.29, 0.717) is 17.5 Å². The van der Waals surface area contributed by atoms with E-state index in [1.54, 1.807) is 7.05 Å². The number of hydrogen-bond acceptors (Lipinski definition) is 2. The number of aryl methyl sites for hydroxylation is 1. The van der Waals surface area contributed by atoms with E-state index in [1.807, 2.05) is 25.1 Å². The van der Waals surface area contributed by atoms with Crippen molar-refractivity contribution in [2.75, 3.05) is 12.4 Å². The van der Waals surface area contributed by atoms with Gasteiger partial charge in [-0.25, -0.2) is 0 Å². The molecule has 3 heteroatoms. The first-order valence-corrected chi connectivity index (χ1v) is 6.05. The number of nitrogens with one attached hydrogen (secondary N) is 2. The molecule has 17 heavy (non-hydrogen) atoms. The van der Waals surface area contributed by atoms with Gasteiger partial charge in [0.25, 0.3) is 5.91 Å². The van der Waals surface area contributed by atoms with Gasteiger partial charge >= 0.3 is 0 Å². The normalized spacial score (nSPS) is 12.4. The second-order valence-electron chi connectivity index (χ2n) is 4.79. The predicted octanol–water partition coefficient (Wildman–Crippen LogP) is 2.81. The molecule has 3 nitrogen and oxygen atoms in total. The van der Waals surface area contributed by atoms with Crippen molar-refractivity contribution in [1.82, 2.24) is 5.32 Å². The maximum atomic E-state index is 11.6. The first-order valence-electron chi connectivity index (χ1n) is 6.05. The zero-order valence-electron chi connectivity index (χ0n) is 11.3. The van der Waals surface area contributed by atoms with Crippen LogP contribution in [0.3, 0.4) is 0 Å². The molecule has 0 aliphatic rings. The Balaban J connectivity index is 2.94. The number of carbonyl (C=O) groups is 1. The maximum absolute atomic E-state index is 11.6. The highest BCUT2D eigenvalue weighted by atomic mass is 16.1. The van der Waals surface area contributed by atoms with Gasteiger partial charge in [0.1, 0.15) is 0 Å². The van der Waals surface area contributed by atoms with Crippen LogP contribution in [0.5, 0.6) is 0 Å². The van der Waals surface area contributed by atoms with Gasteiger partial charge in [0, 0.05) is 24.3 Å². The summed E-state index contributed by atoms with van der Waals surface area (Å²) in [5, 5.41) is 6.09. The van der Waals surface area contributed by atoms with Crippen molar-refractivity contribution in [2.45, 2.75) is 33.7 Å². The molecule has 0 aliphatic carbocycles. The zero-order valence-corrected chi connectivity index (χ0v) is 11.3. The summed E-state index contributed by atoms with van der Waals surface area (Å²) >= 11 is 0. The van der Waals surface area contributed by atoms with Crippen LogP contribution in [0.2, 0.25) is 0 Å². The van der Waals surface area contributed by atoms with Gasteiger partial charge in [-0.05, 0) is 37.5 Å². The molecule has 0 bridgehead atoms. The summed E-state index contributed by atoms with van der Waals surface area (Å²) in [6.45, 7) is 8.55. The van der Waals surface area contributed by atoms with Crippen LogP contribution in [0.15, 0.2) is 18.2 Å². The molecular formula is C14H22N2O. The number of benzene rings is 1. The summed E-state index contributed by atoms with van der Waals surface area (Å²) in [6, 6.07) is 6.11. The second-order valence-corrected chi connectivity index (χ2v) is 4.79. The predicted molar refractivity (Wildman–Crippen MR) is 72.5 cm³/mol. The van der Waals surface area contributed by atoms with Crippen LogP contribution in [0, 0.1) is 12.8 Å². The molecule has 1 aromatic carbocycles. The van der Waals surface area contributed by atoms with Crippen LogP contribution in [0.1, 0.15) is 36.7 Å². The monoisotopic (exact) mass is 234 g/mol. The molecule has 0 aromatic heterocycles. The third-order valence-electron chi connectivity index (χ3n) is 3.11. The van der Waals surface area contributed by atoms with Crippen LogP contribution in [-0.2, 0) is 0 Å². The number of anilines is 1. The van der Waals surface area contributed by atoms with Crippen LogP contribution in [-0.4, -0.2) is 19.0 Å². The Kier molecular flexibility index (Phi) is 4.55. The Morgan fingerprint density at radius 2 is 1.88 bits per heavy atom. The number of amides is 1. The quantitative estimate of drug-likeness (QED) is 0.841. The average Bonchev–Trinajstić information content (AvgIpc) is 2.30. The van der Waals surface area contributed by atoms with E-state index < -0.39 is 0 Å². The highest BCUT2D eigenvalue weighted by molar-refractivity contribution is 5.95. The van der Waals surface area contributed by atoms with Crippen molar-refractivity contribution >= 4 is 11.6 Å². The molecule has 1 atom stereocenters. The van der Waals surface area contributed by atoms with E-state index >= 15 is 0 Å². The fourth-order valence-electron chi connectivity index (χ4n) is 1.48. The lowest BCUT2D eigenvalue weighted by Crippen LogP contribution is -2.23. The van der Waals surface area contributed by atoms with Crippen molar-refractivity contribution in [3.8, 4) is 0 Å². The van der Waals surface area contributed by atoms with Crippen LogP contribution < -0.4 is 10.6 Å². The van der Waals surface area contributed by atoms with E-state index in [9.17, 15) is 4.79 Å². The number of hydrogen-bond donors (Lipinski definition) is 2. The minimum atomic E-state index is -0.0507. The molecule has 94 valence electrons. The SMILES string of the molecule is CNC(=O)c1ccc(C)c(NC(C)C(C)C)c1. The molecule has 2 N–H and O–H groups in total. The molecule has 0 aliphatic heterocycles. The van der Waals surface area contributed by atoms with Crippen LogP contribution in [0.4, 0.5) is 5.69 Å². The van der Waals surface area contributed by atoms with Crippen molar-refractivity contribution in [2.24, 2.45) is 5.92 Å². The molecule has 1 unspecified atom stereocenters. The number of carbonyl (C=O) groups excluding carboxylic acids is 1. The van der Waals surface area contributed by atoms with Gasteiger partial charge in [0.15, 0.2) is 0 Å². The molecule has 0 fully saturated rings. The minimum absolute atomic E-state index is 0.0507. The Hall–Kier alpha value is -1.51. The number of rotatable bonds is 4. The lowest BCUT2D eigenvalue weighted by Gasteiger charge is -2.20. The molecular weight excluding hydrogens is 212 g/mol. The van der Waals surface area contributed by atoms with Crippen molar-refractivity contribution < 1.29 is 4.79 Å². The molecule has 0 spiro atoms. The van der Waals surface area contributed by atoms with E-state index in [-0.39, 0.29) is 5.91 Å². The van der Waals surface area contributed by atoms with E-state index in [4.69, 9.17) is 0 Å². The summed E-state index contributed by atoms with van der Waals surface area (Å²) in [4.78, 5) is 11.6. The van der Waals surface area contributed by atoms with Crippen molar-refractivity contribution in [3.63, 3.8) is 0 Å². The lowest BCUT2D eigenvalue weighted by molar-refractivity contribution is 0.0963. The van der Waals surface area contributed by atoms with E-state index in [1.165, 1.54) is 0 Å². The molecule has 0 radical (unpaired) electrons. The Morgan fingerprint density at radius 1 is 1.24 bits per heavy atom. The third kappa shape index (κ3) is 3.48. The first-order chi connectivity index (χ1) is 7.95. The molecule has 1 rings (SSSR count). The van der Waals surface area contributed by atoms with Crippen molar-refractivity contribution in [1.29, 1.82) is 0 Å². The van der Waals surface area contributed by atoms with Gasteiger partial charge in [-0.2, -0.15) is 0 Å². The van der Waals surface area contributed by atoms with Gasteiger partial charge < -0.3 is 10.6 Å². The summed E-state index contributed by atoms with van der Waals surface area (Å²) < 4.78 is 0.